The number of carbonyl (C=O) groups excluding carboxylic acids is 1. The van der Waals surface area contributed by atoms with Crippen LogP contribution in [0.1, 0.15) is 36.3 Å². The number of methoxy groups -OCH3 is 1. The fourth-order valence-electron chi connectivity index (χ4n) is 2.97. The average Bonchev–Trinajstić information content (AvgIpc) is 3.13. The van der Waals surface area contributed by atoms with Crippen LogP contribution in [-0.2, 0) is 0 Å². The molecular formula is C23H27N3O2. The maximum atomic E-state index is 12.9. The highest BCUT2D eigenvalue weighted by molar-refractivity contribution is 5.94. The van der Waals surface area contributed by atoms with Crippen LogP contribution in [0.2, 0.25) is 0 Å². The number of hydrogen-bond donors (Lipinski definition) is 1. The molecule has 28 heavy (non-hydrogen) atoms. The average molecular weight is 377 g/mol. The van der Waals surface area contributed by atoms with Gasteiger partial charge in [0, 0.05) is 12.1 Å². The van der Waals surface area contributed by atoms with E-state index in [2.05, 4.69) is 19.2 Å². The summed E-state index contributed by atoms with van der Waals surface area (Å²) >= 11 is 0. The van der Waals surface area contributed by atoms with Gasteiger partial charge in [-0.25, -0.2) is 4.68 Å². The first-order valence-corrected chi connectivity index (χ1v) is 9.57. The second-order valence-electron chi connectivity index (χ2n) is 7.33. The van der Waals surface area contributed by atoms with Gasteiger partial charge in [-0.1, -0.05) is 26.0 Å². The molecule has 0 aliphatic rings. The minimum absolute atomic E-state index is 0.116. The molecule has 0 aliphatic heterocycles. The van der Waals surface area contributed by atoms with Crippen molar-refractivity contribution in [2.45, 2.75) is 27.2 Å². The number of aromatic nitrogens is 2. The number of amides is 1. The predicted octanol–water partition coefficient (Wildman–Crippen LogP) is 4.63. The first kappa shape index (κ1) is 19.7. The maximum Gasteiger partial charge on any atom is 0.270 e. The van der Waals surface area contributed by atoms with E-state index in [4.69, 9.17) is 9.84 Å². The molecule has 0 spiro atoms. The second-order valence-corrected chi connectivity index (χ2v) is 7.33. The molecule has 5 heteroatoms. The second kappa shape index (κ2) is 8.74. The summed E-state index contributed by atoms with van der Waals surface area (Å²) in [7, 11) is 1.64. The molecule has 0 saturated heterocycles. The summed E-state index contributed by atoms with van der Waals surface area (Å²) in [6, 6.07) is 17.5. The Morgan fingerprint density at radius 2 is 1.89 bits per heavy atom. The van der Waals surface area contributed by atoms with Crippen molar-refractivity contribution in [3.05, 3.63) is 65.9 Å². The quantitative estimate of drug-likeness (QED) is 0.653. The summed E-state index contributed by atoms with van der Waals surface area (Å²) in [6.45, 7) is 6.96. The lowest BCUT2D eigenvalue weighted by atomic mass is 10.1. The van der Waals surface area contributed by atoms with E-state index in [1.54, 1.807) is 11.8 Å². The van der Waals surface area contributed by atoms with Crippen LogP contribution in [0.3, 0.4) is 0 Å². The van der Waals surface area contributed by atoms with Gasteiger partial charge in [-0.2, -0.15) is 5.10 Å². The number of rotatable bonds is 7. The van der Waals surface area contributed by atoms with Gasteiger partial charge in [0.1, 0.15) is 11.4 Å². The minimum Gasteiger partial charge on any atom is -0.497 e. The van der Waals surface area contributed by atoms with Crippen LogP contribution >= 0.6 is 0 Å². The van der Waals surface area contributed by atoms with Gasteiger partial charge >= 0.3 is 0 Å². The topological polar surface area (TPSA) is 56.1 Å². The lowest BCUT2D eigenvalue weighted by Crippen LogP contribution is -2.27. The fourth-order valence-corrected chi connectivity index (χ4v) is 2.97. The molecule has 3 rings (SSSR count). The summed E-state index contributed by atoms with van der Waals surface area (Å²) in [4.78, 5) is 12.9. The summed E-state index contributed by atoms with van der Waals surface area (Å²) in [5, 5.41) is 7.74. The zero-order chi connectivity index (χ0) is 20.1. The van der Waals surface area contributed by atoms with Crippen molar-refractivity contribution in [3.8, 4) is 22.7 Å². The number of aryl methyl sites for hydroxylation is 1. The largest absolute Gasteiger partial charge is 0.497 e. The van der Waals surface area contributed by atoms with Crippen LogP contribution in [0.5, 0.6) is 5.75 Å². The van der Waals surface area contributed by atoms with Gasteiger partial charge in [0.2, 0.25) is 0 Å². The van der Waals surface area contributed by atoms with Crippen LogP contribution in [0.15, 0.2) is 54.6 Å². The lowest BCUT2D eigenvalue weighted by molar-refractivity contribution is 0.0944. The normalized spacial score (nSPS) is 10.9. The van der Waals surface area contributed by atoms with Crippen LogP contribution in [0.25, 0.3) is 16.9 Å². The van der Waals surface area contributed by atoms with Crippen molar-refractivity contribution < 1.29 is 9.53 Å². The van der Waals surface area contributed by atoms with E-state index in [9.17, 15) is 4.79 Å². The Balaban J connectivity index is 1.97. The smallest absolute Gasteiger partial charge is 0.270 e. The monoisotopic (exact) mass is 377 g/mol. The fraction of sp³-hybridized carbons (Fsp3) is 0.304. The van der Waals surface area contributed by atoms with E-state index >= 15 is 0 Å². The number of carbonyl (C=O) groups is 1. The molecule has 0 bridgehead atoms. The van der Waals surface area contributed by atoms with Gasteiger partial charge in [0.05, 0.1) is 18.5 Å². The molecular weight excluding hydrogens is 350 g/mol. The zero-order valence-corrected chi connectivity index (χ0v) is 16.9. The molecule has 0 fully saturated rings. The molecule has 1 heterocycles. The Morgan fingerprint density at radius 1 is 1.14 bits per heavy atom. The predicted molar refractivity (Wildman–Crippen MR) is 112 cm³/mol. The standard InChI is InChI=1S/C23H27N3O2/c1-16(2)12-13-24-23(27)22-15-21(18-8-10-20(28-4)11-9-18)25-26(22)19-7-5-6-17(3)14-19/h5-11,14-16H,12-13H2,1-4H3,(H,24,27). The molecule has 1 amide bonds. The summed E-state index contributed by atoms with van der Waals surface area (Å²) in [6.07, 6.45) is 0.940. The van der Waals surface area contributed by atoms with Gasteiger partial charge in [-0.3, -0.25) is 4.79 Å². The molecule has 0 radical (unpaired) electrons. The third kappa shape index (κ3) is 4.60. The summed E-state index contributed by atoms with van der Waals surface area (Å²) in [5.74, 6) is 1.21. The Labute approximate surface area is 166 Å². The number of benzene rings is 2. The van der Waals surface area contributed by atoms with E-state index in [1.807, 2.05) is 61.5 Å². The maximum absolute atomic E-state index is 12.9. The van der Waals surface area contributed by atoms with E-state index in [1.165, 1.54) is 0 Å². The SMILES string of the molecule is COc1ccc(-c2cc(C(=O)NCCC(C)C)n(-c3cccc(C)c3)n2)cc1. The van der Waals surface area contributed by atoms with E-state index in [0.717, 1.165) is 34.7 Å². The van der Waals surface area contributed by atoms with Crippen LogP contribution < -0.4 is 10.1 Å². The molecule has 0 aliphatic carbocycles. The number of ether oxygens (including phenoxy) is 1. The number of nitrogens with one attached hydrogen (secondary N) is 1. The molecule has 0 saturated carbocycles. The molecule has 2 aromatic carbocycles. The van der Waals surface area contributed by atoms with Crippen molar-refractivity contribution in [1.82, 2.24) is 15.1 Å². The molecule has 3 aromatic rings. The van der Waals surface area contributed by atoms with Crippen molar-refractivity contribution in [3.63, 3.8) is 0 Å². The van der Waals surface area contributed by atoms with Crippen molar-refractivity contribution in [2.24, 2.45) is 5.92 Å². The van der Waals surface area contributed by atoms with Gasteiger partial charge in [-0.15, -0.1) is 0 Å². The van der Waals surface area contributed by atoms with Gasteiger partial charge in [0.15, 0.2) is 0 Å². The highest BCUT2D eigenvalue weighted by Crippen LogP contribution is 2.24. The van der Waals surface area contributed by atoms with Gasteiger partial charge in [0.25, 0.3) is 5.91 Å². The van der Waals surface area contributed by atoms with E-state index < -0.39 is 0 Å². The van der Waals surface area contributed by atoms with Crippen molar-refractivity contribution >= 4 is 5.91 Å². The molecule has 1 N–H and O–H groups in total. The Hall–Kier alpha value is -3.08. The highest BCUT2D eigenvalue weighted by atomic mass is 16.5. The first-order chi connectivity index (χ1) is 13.5. The third-order valence-corrected chi connectivity index (χ3v) is 4.58. The first-order valence-electron chi connectivity index (χ1n) is 9.57. The Bertz CT molecular complexity index is 943. The summed E-state index contributed by atoms with van der Waals surface area (Å²) in [5.41, 5.74) is 4.20. The molecule has 1 aromatic heterocycles. The molecule has 0 atom stereocenters. The van der Waals surface area contributed by atoms with Gasteiger partial charge in [-0.05, 0) is 67.3 Å². The Morgan fingerprint density at radius 3 is 2.54 bits per heavy atom. The zero-order valence-electron chi connectivity index (χ0n) is 16.9. The third-order valence-electron chi connectivity index (χ3n) is 4.58. The van der Waals surface area contributed by atoms with Crippen LogP contribution in [0.4, 0.5) is 0 Å². The molecule has 5 nitrogen and oxygen atoms in total. The molecule has 146 valence electrons. The molecule has 0 unspecified atom stereocenters. The van der Waals surface area contributed by atoms with Crippen LogP contribution in [0, 0.1) is 12.8 Å². The number of nitrogens with zero attached hydrogens (tertiary/aromatic N) is 2. The Kier molecular flexibility index (Phi) is 6.14. The summed E-state index contributed by atoms with van der Waals surface area (Å²) < 4.78 is 6.95. The van der Waals surface area contributed by atoms with E-state index in [-0.39, 0.29) is 5.91 Å². The van der Waals surface area contributed by atoms with E-state index in [0.29, 0.717) is 18.2 Å². The van der Waals surface area contributed by atoms with Crippen molar-refractivity contribution in [1.29, 1.82) is 0 Å². The minimum atomic E-state index is -0.116. The lowest BCUT2D eigenvalue weighted by Gasteiger charge is -2.10. The van der Waals surface area contributed by atoms with Crippen molar-refractivity contribution in [2.75, 3.05) is 13.7 Å². The number of hydrogen-bond acceptors (Lipinski definition) is 3. The highest BCUT2D eigenvalue weighted by Gasteiger charge is 2.17. The van der Waals surface area contributed by atoms with Crippen LogP contribution in [-0.4, -0.2) is 29.3 Å². The van der Waals surface area contributed by atoms with Gasteiger partial charge < -0.3 is 10.1 Å².